The Bertz CT molecular complexity index is 221. The lowest BCUT2D eigenvalue weighted by Crippen LogP contribution is -2.49. The van der Waals surface area contributed by atoms with Crippen LogP contribution in [-0.4, -0.2) is 29.6 Å². The van der Waals surface area contributed by atoms with E-state index in [1.807, 2.05) is 0 Å². The van der Waals surface area contributed by atoms with Gasteiger partial charge in [0.2, 0.25) is 0 Å². The minimum absolute atomic E-state index is 0.447. The molecule has 2 N–H and O–H groups in total. The standard InChI is InChI=1S/C15H30N2/c1-12(2)10-11-17(13-6-3-4-7-13)15-9-5-8-14(15)16/h12-15H,3-11,16H2,1-2H3. The summed E-state index contributed by atoms with van der Waals surface area (Å²) in [6.07, 6.45) is 11.0. The topological polar surface area (TPSA) is 29.3 Å². The predicted molar refractivity (Wildman–Crippen MR) is 74.0 cm³/mol. The Balaban J connectivity index is 1.95. The molecule has 100 valence electrons. The zero-order valence-corrected chi connectivity index (χ0v) is 11.7. The van der Waals surface area contributed by atoms with Gasteiger partial charge in [0.05, 0.1) is 0 Å². The molecule has 0 aromatic heterocycles. The molecule has 0 saturated heterocycles. The molecule has 2 saturated carbocycles. The Morgan fingerprint density at radius 1 is 1.06 bits per heavy atom. The van der Waals surface area contributed by atoms with E-state index in [0.29, 0.717) is 12.1 Å². The molecule has 0 bridgehead atoms. The van der Waals surface area contributed by atoms with Gasteiger partial charge >= 0.3 is 0 Å². The Hall–Kier alpha value is -0.0800. The monoisotopic (exact) mass is 238 g/mol. The van der Waals surface area contributed by atoms with Crippen LogP contribution in [0.4, 0.5) is 0 Å². The first-order chi connectivity index (χ1) is 8.18. The number of hydrogen-bond donors (Lipinski definition) is 1. The molecule has 17 heavy (non-hydrogen) atoms. The molecule has 2 unspecified atom stereocenters. The van der Waals surface area contributed by atoms with Gasteiger partial charge in [-0.15, -0.1) is 0 Å². The summed E-state index contributed by atoms with van der Waals surface area (Å²) in [4.78, 5) is 2.80. The van der Waals surface area contributed by atoms with Gasteiger partial charge in [-0.2, -0.15) is 0 Å². The maximum atomic E-state index is 6.31. The summed E-state index contributed by atoms with van der Waals surface area (Å²) in [6, 6.07) is 1.99. The number of hydrogen-bond acceptors (Lipinski definition) is 2. The molecule has 0 aromatic rings. The highest BCUT2D eigenvalue weighted by atomic mass is 15.2. The van der Waals surface area contributed by atoms with Crippen LogP contribution >= 0.6 is 0 Å². The second kappa shape index (κ2) is 6.19. The maximum absolute atomic E-state index is 6.31. The van der Waals surface area contributed by atoms with Gasteiger partial charge < -0.3 is 5.73 Å². The van der Waals surface area contributed by atoms with E-state index in [1.165, 1.54) is 57.9 Å². The Labute approximate surface area is 107 Å². The Morgan fingerprint density at radius 3 is 2.29 bits per heavy atom. The van der Waals surface area contributed by atoms with Crippen LogP contribution in [0.3, 0.4) is 0 Å². The van der Waals surface area contributed by atoms with Crippen molar-refractivity contribution in [1.29, 1.82) is 0 Å². The summed E-state index contributed by atoms with van der Waals surface area (Å²) < 4.78 is 0. The van der Waals surface area contributed by atoms with Gasteiger partial charge in [-0.25, -0.2) is 0 Å². The third-order valence-corrected chi connectivity index (χ3v) is 4.72. The fourth-order valence-electron chi connectivity index (χ4n) is 3.64. The minimum atomic E-state index is 0.447. The van der Waals surface area contributed by atoms with Gasteiger partial charge in [-0.3, -0.25) is 4.90 Å². The highest BCUT2D eigenvalue weighted by Crippen LogP contribution is 2.31. The zero-order valence-electron chi connectivity index (χ0n) is 11.7. The van der Waals surface area contributed by atoms with Crippen LogP contribution in [0.2, 0.25) is 0 Å². The maximum Gasteiger partial charge on any atom is 0.0250 e. The summed E-state index contributed by atoms with van der Waals surface area (Å²) in [6.45, 7) is 5.95. The van der Waals surface area contributed by atoms with E-state index in [4.69, 9.17) is 5.73 Å². The van der Waals surface area contributed by atoms with E-state index in [-0.39, 0.29) is 0 Å². The average molecular weight is 238 g/mol. The summed E-state index contributed by atoms with van der Waals surface area (Å²) in [5, 5.41) is 0. The first-order valence-corrected chi connectivity index (χ1v) is 7.70. The molecule has 0 aliphatic heterocycles. The molecule has 0 heterocycles. The van der Waals surface area contributed by atoms with Gasteiger partial charge in [-0.05, 0) is 44.6 Å². The zero-order chi connectivity index (χ0) is 12.3. The van der Waals surface area contributed by atoms with Crippen LogP contribution in [0.5, 0.6) is 0 Å². The molecule has 0 amide bonds. The molecular weight excluding hydrogens is 208 g/mol. The summed E-state index contributed by atoms with van der Waals surface area (Å²) >= 11 is 0. The minimum Gasteiger partial charge on any atom is -0.326 e. The molecule has 2 atom stereocenters. The molecule has 2 rings (SSSR count). The molecule has 2 fully saturated rings. The lowest BCUT2D eigenvalue weighted by molar-refractivity contribution is 0.120. The van der Waals surface area contributed by atoms with Gasteiger partial charge in [-0.1, -0.05) is 33.1 Å². The quantitative estimate of drug-likeness (QED) is 0.797. The van der Waals surface area contributed by atoms with E-state index in [0.717, 1.165) is 12.0 Å². The van der Waals surface area contributed by atoms with Crippen molar-refractivity contribution in [3.63, 3.8) is 0 Å². The third-order valence-electron chi connectivity index (χ3n) is 4.72. The van der Waals surface area contributed by atoms with E-state index in [2.05, 4.69) is 18.7 Å². The van der Waals surface area contributed by atoms with Crippen molar-refractivity contribution < 1.29 is 0 Å². The van der Waals surface area contributed by atoms with Crippen LogP contribution in [0.15, 0.2) is 0 Å². The van der Waals surface area contributed by atoms with E-state index in [9.17, 15) is 0 Å². The van der Waals surface area contributed by atoms with Crippen molar-refractivity contribution in [2.45, 2.75) is 83.3 Å². The summed E-state index contributed by atoms with van der Waals surface area (Å²) in [7, 11) is 0. The van der Waals surface area contributed by atoms with Crippen LogP contribution < -0.4 is 5.73 Å². The van der Waals surface area contributed by atoms with Gasteiger partial charge in [0.1, 0.15) is 0 Å². The first-order valence-electron chi connectivity index (χ1n) is 7.70. The van der Waals surface area contributed by atoms with E-state index >= 15 is 0 Å². The van der Waals surface area contributed by atoms with Crippen molar-refractivity contribution in [2.24, 2.45) is 11.7 Å². The lowest BCUT2D eigenvalue weighted by atomic mass is 10.0. The van der Waals surface area contributed by atoms with Crippen LogP contribution in [-0.2, 0) is 0 Å². The molecule has 0 aromatic carbocycles. The fraction of sp³-hybridized carbons (Fsp3) is 1.00. The highest BCUT2D eigenvalue weighted by Gasteiger charge is 2.34. The second-order valence-electron chi connectivity index (χ2n) is 6.52. The molecule has 0 spiro atoms. The molecule has 2 aliphatic rings. The lowest BCUT2D eigenvalue weighted by Gasteiger charge is -2.37. The first kappa shape index (κ1) is 13.4. The fourth-order valence-corrected chi connectivity index (χ4v) is 3.64. The third kappa shape index (κ3) is 3.45. The van der Waals surface area contributed by atoms with Gasteiger partial charge in [0.25, 0.3) is 0 Å². The Morgan fingerprint density at radius 2 is 1.76 bits per heavy atom. The number of rotatable bonds is 5. The number of nitrogens with zero attached hydrogens (tertiary/aromatic N) is 1. The molecule has 0 radical (unpaired) electrons. The number of nitrogens with two attached hydrogens (primary N) is 1. The smallest absolute Gasteiger partial charge is 0.0250 e. The normalized spacial score (nSPS) is 30.9. The SMILES string of the molecule is CC(C)CCN(C1CCCC1)C1CCCC1N. The van der Waals surface area contributed by atoms with Crippen LogP contribution in [0.25, 0.3) is 0 Å². The van der Waals surface area contributed by atoms with Crippen molar-refractivity contribution in [3.8, 4) is 0 Å². The molecular formula is C15H30N2. The Kier molecular flexibility index (Phi) is 4.87. The predicted octanol–water partition coefficient (Wildman–Crippen LogP) is 3.16. The van der Waals surface area contributed by atoms with Crippen molar-refractivity contribution in [1.82, 2.24) is 4.90 Å². The van der Waals surface area contributed by atoms with Crippen LogP contribution in [0, 0.1) is 5.92 Å². The second-order valence-corrected chi connectivity index (χ2v) is 6.52. The molecule has 2 nitrogen and oxygen atoms in total. The van der Waals surface area contributed by atoms with Crippen LogP contribution in [0.1, 0.15) is 65.2 Å². The summed E-state index contributed by atoms with van der Waals surface area (Å²) in [5.41, 5.74) is 6.31. The average Bonchev–Trinajstić information content (AvgIpc) is 2.91. The van der Waals surface area contributed by atoms with Crippen molar-refractivity contribution in [2.75, 3.05) is 6.54 Å². The molecule has 2 heteroatoms. The van der Waals surface area contributed by atoms with Gasteiger partial charge in [0.15, 0.2) is 0 Å². The molecule has 2 aliphatic carbocycles. The van der Waals surface area contributed by atoms with Gasteiger partial charge in [0, 0.05) is 18.1 Å². The largest absolute Gasteiger partial charge is 0.326 e. The van der Waals surface area contributed by atoms with E-state index < -0.39 is 0 Å². The van der Waals surface area contributed by atoms with Crippen molar-refractivity contribution in [3.05, 3.63) is 0 Å². The van der Waals surface area contributed by atoms with E-state index in [1.54, 1.807) is 0 Å². The summed E-state index contributed by atoms with van der Waals surface area (Å²) in [5.74, 6) is 0.816. The highest BCUT2D eigenvalue weighted by molar-refractivity contribution is 4.92. The van der Waals surface area contributed by atoms with Crippen molar-refractivity contribution >= 4 is 0 Å².